The van der Waals surface area contributed by atoms with E-state index in [2.05, 4.69) is 4.90 Å². The molecule has 0 spiro atoms. The fraction of sp³-hybridized carbons (Fsp3) is 0.625. The molecular formula is C16H22FNO3. The summed E-state index contributed by atoms with van der Waals surface area (Å²) in [6.07, 6.45) is 0.934. The van der Waals surface area contributed by atoms with Gasteiger partial charge >= 0.3 is 0 Å². The van der Waals surface area contributed by atoms with Gasteiger partial charge in [-0.15, -0.1) is 0 Å². The Bertz CT molecular complexity index is 467. The zero-order chi connectivity index (χ0) is 14.7. The van der Waals surface area contributed by atoms with Crippen molar-refractivity contribution in [2.75, 3.05) is 46.1 Å². The quantitative estimate of drug-likeness (QED) is 0.894. The van der Waals surface area contributed by atoms with Crippen LogP contribution >= 0.6 is 0 Å². The van der Waals surface area contributed by atoms with Gasteiger partial charge in [-0.05, 0) is 30.7 Å². The summed E-state index contributed by atoms with van der Waals surface area (Å²) in [5.74, 6) is 0.853. The van der Waals surface area contributed by atoms with Crippen molar-refractivity contribution in [3.05, 3.63) is 30.1 Å². The van der Waals surface area contributed by atoms with E-state index in [0.29, 0.717) is 18.3 Å². The van der Waals surface area contributed by atoms with Crippen LogP contribution in [0.5, 0.6) is 5.75 Å². The molecule has 2 heterocycles. The van der Waals surface area contributed by atoms with Gasteiger partial charge in [0.05, 0.1) is 13.2 Å². The summed E-state index contributed by atoms with van der Waals surface area (Å²) in [5, 5.41) is 9.75. The average molecular weight is 295 g/mol. The highest BCUT2D eigenvalue weighted by Gasteiger charge is 2.47. The molecule has 21 heavy (non-hydrogen) atoms. The molecule has 5 heteroatoms. The average Bonchev–Trinajstić information content (AvgIpc) is 2.88. The summed E-state index contributed by atoms with van der Waals surface area (Å²) >= 11 is 0. The largest absolute Gasteiger partial charge is 0.492 e. The number of ether oxygens (including phenoxy) is 2. The molecule has 0 saturated carbocycles. The summed E-state index contributed by atoms with van der Waals surface area (Å²) in [6, 6.07) is 6.08. The Morgan fingerprint density at radius 2 is 2.19 bits per heavy atom. The van der Waals surface area contributed by atoms with Crippen molar-refractivity contribution >= 4 is 0 Å². The number of aliphatic hydroxyl groups excluding tert-OH is 1. The molecular weight excluding hydrogens is 273 g/mol. The van der Waals surface area contributed by atoms with Crippen LogP contribution in [0.2, 0.25) is 0 Å². The van der Waals surface area contributed by atoms with Gasteiger partial charge in [-0.25, -0.2) is 4.39 Å². The molecule has 0 aromatic heterocycles. The van der Waals surface area contributed by atoms with Crippen LogP contribution in [0.15, 0.2) is 24.3 Å². The minimum Gasteiger partial charge on any atom is -0.492 e. The van der Waals surface area contributed by atoms with E-state index in [1.807, 2.05) is 0 Å². The van der Waals surface area contributed by atoms with E-state index in [0.717, 1.165) is 39.3 Å². The molecule has 2 aliphatic heterocycles. The normalized spacial score (nSPS) is 29.3. The molecule has 0 aliphatic carbocycles. The summed E-state index contributed by atoms with van der Waals surface area (Å²) < 4.78 is 24.0. The predicted molar refractivity (Wildman–Crippen MR) is 76.8 cm³/mol. The highest BCUT2D eigenvalue weighted by molar-refractivity contribution is 5.22. The molecule has 0 bridgehead atoms. The van der Waals surface area contributed by atoms with Crippen LogP contribution in [0.3, 0.4) is 0 Å². The van der Waals surface area contributed by atoms with Crippen LogP contribution in [0.1, 0.15) is 6.42 Å². The SMILES string of the molecule is OC[C@]12CCOC[C@H]1CN(CCOc1ccc(F)cc1)C2. The third-order valence-corrected chi connectivity index (χ3v) is 4.75. The third kappa shape index (κ3) is 3.20. The fourth-order valence-electron chi connectivity index (χ4n) is 3.41. The number of fused-ring (bicyclic) bond motifs is 1. The minimum absolute atomic E-state index is 0.00806. The third-order valence-electron chi connectivity index (χ3n) is 4.75. The van der Waals surface area contributed by atoms with Gasteiger partial charge in [0.1, 0.15) is 18.2 Å². The first-order valence-electron chi connectivity index (χ1n) is 7.51. The molecule has 3 rings (SSSR count). The highest BCUT2D eigenvalue weighted by Crippen LogP contribution is 2.41. The first-order valence-corrected chi connectivity index (χ1v) is 7.51. The monoisotopic (exact) mass is 295 g/mol. The first kappa shape index (κ1) is 14.8. The topological polar surface area (TPSA) is 41.9 Å². The second-order valence-corrected chi connectivity index (χ2v) is 6.08. The fourth-order valence-corrected chi connectivity index (χ4v) is 3.41. The van der Waals surface area contributed by atoms with Gasteiger partial charge in [-0.2, -0.15) is 0 Å². The number of hydrogen-bond acceptors (Lipinski definition) is 4. The van der Waals surface area contributed by atoms with Crippen molar-refractivity contribution in [2.45, 2.75) is 6.42 Å². The van der Waals surface area contributed by atoms with Crippen LogP contribution in [0.4, 0.5) is 4.39 Å². The van der Waals surface area contributed by atoms with Gasteiger partial charge in [-0.3, -0.25) is 4.90 Å². The van der Waals surface area contributed by atoms with Crippen LogP contribution < -0.4 is 4.74 Å². The molecule has 0 unspecified atom stereocenters. The standard InChI is InChI=1S/C16H22FNO3/c17-14-1-3-15(4-2-14)21-8-6-18-9-13-10-20-7-5-16(13,11-18)12-19/h1-4,13,19H,5-12H2/t13-,16-/m1/s1. The van der Waals surface area contributed by atoms with Crippen molar-refractivity contribution in [1.82, 2.24) is 4.90 Å². The summed E-state index contributed by atoms with van der Waals surface area (Å²) in [5.41, 5.74) is 0.00806. The molecule has 1 aromatic rings. The Balaban J connectivity index is 1.49. The van der Waals surface area contributed by atoms with Crippen molar-refractivity contribution in [3.63, 3.8) is 0 Å². The van der Waals surface area contributed by atoms with E-state index in [9.17, 15) is 9.50 Å². The second-order valence-electron chi connectivity index (χ2n) is 6.08. The van der Waals surface area contributed by atoms with Crippen molar-refractivity contribution in [1.29, 1.82) is 0 Å². The van der Waals surface area contributed by atoms with E-state index in [1.54, 1.807) is 12.1 Å². The van der Waals surface area contributed by atoms with Crippen molar-refractivity contribution in [2.24, 2.45) is 11.3 Å². The lowest BCUT2D eigenvalue weighted by molar-refractivity contribution is -0.0417. The van der Waals surface area contributed by atoms with Gasteiger partial charge in [0.15, 0.2) is 0 Å². The maximum absolute atomic E-state index is 12.8. The van der Waals surface area contributed by atoms with Gasteiger partial charge in [0.2, 0.25) is 0 Å². The number of aliphatic hydroxyl groups is 1. The van der Waals surface area contributed by atoms with Crippen LogP contribution in [0.25, 0.3) is 0 Å². The second kappa shape index (κ2) is 6.30. The number of rotatable bonds is 5. The predicted octanol–water partition coefficient (Wildman–Crippen LogP) is 1.54. The lowest BCUT2D eigenvalue weighted by Gasteiger charge is -2.36. The summed E-state index contributed by atoms with van der Waals surface area (Å²) in [6.45, 7) is 4.97. The molecule has 2 saturated heterocycles. The Hall–Kier alpha value is -1.17. The maximum Gasteiger partial charge on any atom is 0.123 e. The smallest absolute Gasteiger partial charge is 0.123 e. The lowest BCUT2D eigenvalue weighted by Crippen LogP contribution is -2.41. The number of nitrogens with zero attached hydrogens (tertiary/aromatic N) is 1. The maximum atomic E-state index is 12.8. The summed E-state index contributed by atoms with van der Waals surface area (Å²) in [4.78, 5) is 2.33. The van der Waals surface area contributed by atoms with Crippen LogP contribution in [-0.2, 0) is 4.74 Å². The van der Waals surface area contributed by atoms with Crippen LogP contribution in [0, 0.1) is 17.2 Å². The van der Waals surface area contributed by atoms with Crippen molar-refractivity contribution < 1.29 is 19.0 Å². The van der Waals surface area contributed by atoms with Gasteiger partial charge in [-0.1, -0.05) is 0 Å². The number of hydrogen-bond donors (Lipinski definition) is 1. The molecule has 0 radical (unpaired) electrons. The summed E-state index contributed by atoms with van der Waals surface area (Å²) in [7, 11) is 0. The van der Waals surface area contributed by atoms with Crippen LogP contribution in [-0.4, -0.2) is 56.1 Å². The Kier molecular flexibility index (Phi) is 4.42. The lowest BCUT2D eigenvalue weighted by atomic mass is 9.75. The zero-order valence-electron chi connectivity index (χ0n) is 12.1. The molecule has 4 nitrogen and oxygen atoms in total. The molecule has 116 valence electrons. The van der Waals surface area contributed by atoms with E-state index >= 15 is 0 Å². The zero-order valence-corrected chi connectivity index (χ0v) is 12.1. The molecule has 1 aromatic carbocycles. The van der Waals surface area contributed by atoms with Gasteiger partial charge in [0.25, 0.3) is 0 Å². The van der Waals surface area contributed by atoms with E-state index < -0.39 is 0 Å². The van der Waals surface area contributed by atoms with E-state index in [-0.39, 0.29) is 17.8 Å². The van der Waals surface area contributed by atoms with Crippen molar-refractivity contribution in [3.8, 4) is 5.75 Å². The first-order chi connectivity index (χ1) is 10.2. The Morgan fingerprint density at radius 1 is 1.38 bits per heavy atom. The highest BCUT2D eigenvalue weighted by atomic mass is 19.1. The van der Waals surface area contributed by atoms with Gasteiger partial charge < -0.3 is 14.6 Å². The molecule has 2 atom stereocenters. The number of likely N-dealkylation sites (tertiary alicyclic amines) is 1. The molecule has 2 aliphatic rings. The van der Waals surface area contributed by atoms with E-state index in [1.165, 1.54) is 12.1 Å². The molecule has 2 fully saturated rings. The molecule has 1 N–H and O–H groups in total. The Morgan fingerprint density at radius 3 is 2.90 bits per heavy atom. The minimum atomic E-state index is -0.254. The Labute approximate surface area is 124 Å². The van der Waals surface area contributed by atoms with Gasteiger partial charge in [0, 0.05) is 37.6 Å². The number of benzene rings is 1. The van der Waals surface area contributed by atoms with E-state index in [4.69, 9.17) is 9.47 Å². The molecule has 0 amide bonds. The number of halogens is 1.